The number of hydrogen-bond donors (Lipinski definition) is 1. The maximum absolute atomic E-state index is 5.89. The molecule has 94 valence electrons. The Morgan fingerprint density at radius 1 is 1.05 bits per heavy atom. The minimum absolute atomic E-state index is 0.472. The average molecular weight is 272 g/mol. The molecule has 0 saturated carbocycles. The van der Waals surface area contributed by atoms with Crippen LogP contribution < -0.4 is 10.5 Å². The van der Waals surface area contributed by atoms with Gasteiger partial charge in [-0.25, -0.2) is 4.98 Å². The molecule has 5 heteroatoms. The minimum atomic E-state index is 0.472. The molecule has 0 spiro atoms. The summed E-state index contributed by atoms with van der Waals surface area (Å²) in [5.74, 6) is 1.13. The van der Waals surface area contributed by atoms with Crippen LogP contribution in [0.4, 0.5) is 5.69 Å². The summed E-state index contributed by atoms with van der Waals surface area (Å²) in [5, 5.41) is 1.41. The molecule has 0 aliphatic heterocycles. The molecule has 0 atom stereocenters. The summed E-state index contributed by atoms with van der Waals surface area (Å²) in [5.41, 5.74) is 7.22. The molecule has 1 aromatic carbocycles. The van der Waals surface area contributed by atoms with Gasteiger partial charge in [-0.1, -0.05) is 11.6 Å². The van der Waals surface area contributed by atoms with Crippen molar-refractivity contribution >= 4 is 28.2 Å². The van der Waals surface area contributed by atoms with E-state index >= 15 is 0 Å². The van der Waals surface area contributed by atoms with Crippen LogP contribution in [0.25, 0.3) is 10.9 Å². The number of nitrogen functional groups attached to an aromatic ring is 1. The van der Waals surface area contributed by atoms with Crippen LogP contribution in [0.5, 0.6) is 11.6 Å². The Morgan fingerprint density at radius 2 is 1.95 bits per heavy atom. The Hall–Kier alpha value is -2.33. The zero-order valence-corrected chi connectivity index (χ0v) is 10.6. The number of hydrogen-bond acceptors (Lipinski definition) is 4. The number of rotatable bonds is 2. The summed E-state index contributed by atoms with van der Waals surface area (Å²) in [6.45, 7) is 0. The monoisotopic (exact) mass is 271 g/mol. The number of ether oxygens (including phenoxy) is 1. The van der Waals surface area contributed by atoms with Crippen LogP contribution in [0.15, 0.2) is 48.8 Å². The van der Waals surface area contributed by atoms with E-state index in [1.165, 1.54) is 6.20 Å². The second-order valence-electron chi connectivity index (χ2n) is 3.97. The molecule has 0 bridgehead atoms. The molecule has 0 saturated heterocycles. The normalized spacial score (nSPS) is 10.6. The lowest BCUT2D eigenvalue weighted by molar-refractivity contribution is 0.468. The van der Waals surface area contributed by atoms with E-state index in [0.29, 0.717) is 27.9 Å². The highest BCUT2D eigenvalue weighted by Gasteiger charge is 2.07. The summed E-state index contributed by atoms with van der Waals surface area (Å²) in [7, 11) is 0. The van der Waals surface area contributed by atoms with E-state index in [1.807, 2.05) is 12.1 Å². The fraction of sp³-hybridized carbons (Fsp3) is 0. The zero-order chi connectivity index (χ0) is 13.2. The number of pyridine rings is 2. The van der Waals surface area contributed by atoms with E-state index in [2.05, 4.69) is 9.97 Å². The van der Waals surface area contributed by atoms with Gasteiger partial charge >= 0.3 is 0 Å². The average Bonchev–Trinajstić information content (AvgIpc) is 2.45. The van der Waals surface area contributed by atoms with Gasteiger partial charge in [0, 0.05) is 23.8 Å². The van der Waals surface area contributed by atoms with Gasteiger partial charge < -0.3 is 10.5 Å². The van der Waals surface area contributed by atoms with Crippen LogP contribution in [0.2, 0.25) is 5.02 Å². The van der Waals surface area contributed by atoms with Gasteiger partial charge in [0.2, 0.25) is 5.88 Å². The van der Waals surface area contributed by atoms with Gasteiger partial charge in [-0.05, 0) is 30.3 Å². The second kappa shape index (κ2) is 4.74. The van der Waals surface area contributed by atoms with Gasteiger partial charge in [0.05, 0.1) is 16.2 Å². The van der Waals surface area contributed by atoms with Crippen LogP contribution in [0, 0.1) is 0 Å². The van der Waals surface area contributed by atoms with Crippen molar-refractivity contribution in [2.75, 3.05) is 5.73 Å². The lowest BCUT2D eigenvalue weighted by atomic mass is 10.2. The Balaban J connectivity index is 2.06. The molecule has 19 heavy (non-hydrogen) atoms. The molecule has 0 aliphatic rings. The maximum atomic E-state index is 5.89. The Kier molecular flexibility index (Phi) is 2.93. The van der Waals surface area contributed by atoms with Crippen molar-refractivity contribution in [2.45, 2.75) is 0 Å². The maximum Gasteiger partial charge on any atom is 0.219 e. The molecule has 0 radical (unpaired) electrons. The third kappa shape index (κ3) is 2.30. The van der Waals surface area contributed by atoms with Crippen molar-refractivity contribution in [3.63, 3.8) is 0 Å². The molecule has 2 heterocycles. The third-order valence-electron chi connectivity index (χ3n) is 2.68. The molecule has 0 unspecified atom stereocenters. The summed E-state index contributed by atoms with van der Waals surface area (Å²) in [6, 6.07) is 10.7. The van der Waals surface area contributed by atoms with Crippen molar-refractivity contribution in [1.82, 2.24) is 9.97 Å². The fourth-order valence-electron chi connectivity index (χ4n) is 1.79. The van der Waals surface area contributed by atoms with Gasteiger partial charge in [0.15, 0.2) is 0 Å². The first-order valence-corrected chi connectivity index (χ1v) is 6.04. The smallest absolute Gasteiger partial charge is 0.219 e. The first-order chi connectivity index (χ1) is 9.24. The predicted octanol–water partition coefficient (Wildman–Crippen LogP) is 3.66. The SMILES string of the molecule is Nc1ccc(Oc2ccc(Cl)cn2)c2cccnc12. The van der Waals surface area contributed by atoms with Crippen molar-refractivity contribution in [1.29, 1.82) is 0 Å². The van der Waals surface area contributed by atoms with E-state index in [1.54, 1.807) is 30.5 Å². The van der Waals surface area contributed by atoms with E-state index in [-0.39, 0.29) is 0 Å². The van der Waals surface area contributed by atoms with Crippen LogP contribution in [-0.2, 0) is 0 Å². The third-order valence-corrected chi connectivity index (χ3v) is 2.90. The number of nitrogens with two attached hydrogens (primary N) is 1. The number of halogens is 1. The van der Waals surface area contributed by atoms with Crippen molar-refractivity contribution in [2.24, 2.45) is 0 Å². The highest BCUT2D eigenvalue weighted by atomic mass is 35.5. The van der Waals surface area contributed by atoms with E-state index < -0.39 is 0 Å². The summed E-state index contributed by atoms with van der Waals surface area (Å²) in [6.07, 6.45) is 3.23. The van der Waals surface area contributed by atoms with Crippen LogP contribution >= 0.6 is 11.6 Å². The number of anilines is 1. The number of nitrogens with zero attached hydrogens (tertiary/aromatic N) is 2. The molecule has 2 aromatic heterocycles. The highest BCUT2D eigenvalue weighted by Crippen LogP contribution is 2.31. The van der Waals surface area contributed by atoms with Gasteiger partial charge in [-0.15, -0.1) is 0 Å². The summed E-state index contributed by atoms with van der Waals surface area (Å²) in [4.78, 5) is 8.35. The van der Waals surface area contributed by atoms with Crippen LogP contribution in [0.3, 0.4) is 0 Å². The van der Waals surface area contributed by atoms with Crippen molar-refractivity contribution in [3.05, 3.63) is 53.8 Å². The highest BCUT2D eigenvalue weighted by molar-refractivity contribution is 6.30. The molecule has 3 aromatic rings. The molecular weight excluding hydrogens is 262 g/mol. The molecule has 4 nitrogen and oxygen atoms in total. The number of fused-ring (bicyclic) bond motifs is 1. The fourth-order valence-corrected chi connectivity index (χ4v) is 1.90. The Bertz CT molecular complexity index is 728. The van der Waals surface area contributed by atoms with Gasteiger partial charge in [-0.3, -0.25) is 4.98 Å². The Morgan fingerprint density at radius 3 is 2.74 bits per heavy atom. The molecule has 3 rings (SSSR count). The first-order valence-electron chi connectivity index (χ1n) is 5.66. The second-order valence-corrected chi connectivity index (χ2v) is 4.41. The molecule has 0 fully saturated rings. The number of benzene rings is 1. The summed E-state index contributed by atoms with van der Waals surface area (Å²) >= 11 is 5.79. The molecular formula is C14H10ClN3O. The van der Waals surface area contributed by atoms with Gasteiger partial charge in [0.1, 0.15) is 5.75 Å². The molecule has 0 amide bonds. The summed E-state index contributed by atoms with van der Waals surface area (Å²) < 4.78 is 5.74. The largest absolute Gasteiger partial charge is 0.438 e. The quantitative estimate of drug-likeness (QED) is 0.723. The Labute approximate surface area is 114 Å². The minimum Gasteiger partial charge on any atom is -0.438 e. The van der Waals surface area contributed by atoms with Gasteiger partial charge in [0.25, 0.3) is 0 Å². The molecule has 0 aliphatic carbocycles. The van der Waals surface area contributed by atoms with Crippen LogP contribution in [0.1, 0.15) is 0 Å². The predicted molar refractivity (Wildman–Crippen MR) is 75.5 cm³/mol. The van der Waals surface area contributed by atoms with E-state index in [0.717, 1.165) is 5.39 Å². The lowest BCUT2D eigenvalue weighted by Gasteiger charge is -2.09. The van der Waals surface area contributed by atoms with Gasteiger partial charge in [-0.2, -0.15) is 0 Å². The van der Waals surface area contributed by atoms with E-state index in [9.17, 15) is 0 Å². The zero-order valence-electron chi connectivity index (χ0n) is 9.88. The first kappa shape index (κ1) is 11.7. The van der Waals surface area contributed by atoms with Crippen molar-refractivity contribution < 1.29 is 4.74 Å². The topological polar surface area (TPSA) is 61.0 Å². The standard InChI is InChI=1S/C14H10ClN3O/c15-9-3-6-13(18-8-9)19-12-5-4-11(16)14-10(12)2-1-7-17-14/h1-8H,16H2. The van der Waals surface area contributed by atoms with Crippen molar-refractivity contribution in [3.8, 4) is 11.6 Å². The lowest BCUT2D eigenvalue weighted by Crippen LogP contribution is -1.93. The molecule has 2 N–H and O–H groups in total. The van der Waals surface area contributed by atoms with E-state index in [4.69, 9.17) is 22.1 Å². The number of aromatic nitrogens is 2. The van der Waals surface area contributed by atoms with Crippen LogP contribution in [-0.4, -0.2) is 9.97 Å².